The highest BCUT2D eigenvalue weighted by Crippen LogP contribution is 2.33. The Labute approximate surface area is 125 Å². The van der Waals surface area contributed by atoms with Crippen molar-refractivity contribution in [3.8, 4) is 11.4 Å². The van der Waals surface area contributed by atoms with Gasteiger partial charge in [-0.25, -0.2) is 0 Å². The number of rotatable bonds is 3. The van der Waals surface area contributed by atoms with E-state index in [0.717, 1.165) is 37.1 Å². The Morgan fingerprint density at radius 2 is 2.00 bits per heavy atom. The van der Waals surface area contributed by atoms with Crippen LogP contribution in [0.1, 0.15) is 43.6 Å². The molecule has 0 bridgehead atoms. The highest BCUT2D eigenvalue weighted by atomic mass is 35.5. The van der Waals surface area contributed by atoms with E-state index in [0.29, 0.717) is 11.7 Å². The molecular weight excluding hydrogens is 274 g/mol. The molecule has 1 aromatic heterocycles. The number of nitrogens with zero attached hydrogens (tertiary/aromatic N) is 2. The molecule has 0 radical (unpaired) electrons. The molecule has 5 heteroatoms. The van der Waals surface area contributed by atoms with Crippen molar-refractivity contribution in [2.75, 3.05) is 0 Å². The molecule has 108 valence electrons. The molecule has 3 rings (SSSR count). The maximum Gasteiger partial charge on any atom is 0.230 e. The normalized spacial score (nSPS) is 21.7. The Kier molecular flexibility index (Phi) is 4.78. The van der Waals surface area contributed by atoms with E-state index in [1.54, 1.807) is 0 Å². The summed E-state index contributed by atoms with van der Waals surface area (Å²) in [6.45, 7) is 2.14. The van der Waals surface area contributed by atoms with Crippen LogP contribution in [-0.4, -0.2) is 16.2 Å². The molecule has 0 amide bonds. The molecule has 1 aliphatic carbocycles. The molecule has 2 atom stereocenters. The van der Waals surface area contributed by atoms with Gasteiger partial charge in [0.1, 0.15) is 0 Å². The lowest BCUT2D eigenvalue weighted by atomic mass is 10.1. The summed E-state index contributed by atoms with van der Waals surface area (Å²) in [7, 11) is 0. The molecule has 1 aliphatic rings. The molecule has 2 aromatic rings. The average molecular weight is 294 g/mol. The first-order valence-corrected chi connectivity index (χ1v) is 6.94. The van der Waals surface area contributed by atoms with E-state index < -0.39 is 0 Å². The van der Waals surface area contributed by atoms with E-state index in [1.807, 2.05) is 12.1 Å². The molecule has 1 aromatic carbocycles. The second kappa shape index (κ2) is 6.37. The standard InChI is InChI=1S/C15H19N3O.ClH/c1-2-10-3-5-11(6-4-10)14-17-15(19-18-14)12-7-8-13(16)9-12;/h3-6,12-13H,2,7-9,16H2,1H3;1H. The quantitative estimate of drug-likeness (QED) is 0.943. The predicted molar refractivity (Wildman–Crippen MR) is 80.9 cm³/mol. The minimum Gasteiger partial charge on any atom is -0.339 e. The van der Waals surface area contributed by atoms with E-state index in [-0.39, 0.29) is 18.4 Å². The van der Waals surface area contributed by atoms with Crippen molar-refractivity contribution in [3.05, 3.63) is 35.7 Å². The van der Waals surface area contributed by atoms with Gasteiger partial charge in [0.25, 0.3) is 0 Å². The maximum absolute atomic E-state index is 5.92. The summed E-state index contributed by atoms with van der Waals surface area (Å²) >= 11 is 0. The molecule has 1 saturated carbocycles. The summed E-state index contributed by atoms with van der Waals surface area (Å²) in [6.07, 6.45) is 4.10. The molecule has 1 heterocycles. The number of aryl methyl sites for hydroxylation is 1. The van der Waals surface area contributed by atoms with Gasteiger partial charge in [-0.1, -0.05) is 36.3 Å². The molecule has 20 heavy (non-hydrogen) atoms. The van der Waals surface area contributed by atoms with Crippen LogP contribution in [0, 0.1) is 0 Å². The number of aromatic nitrogens is 2. The molecule has 4 nitrogen and oxygen atoms in total. The third kappa shape index (κ3) is 3.02. The van der Waals surface area contributed by atoms with E-state index in [9.17, 15) is 0 Å². The summed E-state index contributed by atoms with van der Waals surface area (Å²) in [5.74, 6) is 1.76. The number of benzene rings is 1. The van der Waals surface area contributed by atoms with Crippen molar-refractivity contribution < 1.29 is 4.52 Å². The van der Waals surface area contributed by atoms with Crippen LogP contribution in [0.15, 0.2) is 28.8 Å². The smallest absolute Gasteiger partial charge is 0.230 e. The van der Waals surface area contributed by atoms with Crippen molar-refractivity contribution in [2.24, 2.45) is 5.73 Å². The molecule has 0 spiro atoms. The highest BCUT2D eigenvalue weighted by Gasteiger charge is 2.27. The van der Waals surface area contributed by atoms with Crippen molar-refractivity contribution in [1.29, 1.82) is 0 Å². The van der Waals surface area contributed by atoms with Gasteiger partial charge in [-0.15, -0.1) is 12.4 Å². The van der Waals surface area contributed by atoms with Crippen LogP contribution in [0.4, 0.5) is 0 Å². The second-order valence-electron chi connectivity index (χ2n) is 5.28. The zero-order valence-electron chi connectivity index (χ0n) is 11.6. The lowest BCUT2D eigenvalue weighted by Crippen LogP contribution is -2.14. The average Bonchev–Trinajstić information content (AvgIpc) is 3.07. The maximum atomic E-state index is 5.92. The van der Waals surface area contributed by atoms with Gasteiger partial charge in [-0.3, -0.25) is 0 Å². The van der Waals surface area contributed by atoms with Gasteiger partial charge in [0.15, 0.2) is 0 Å². The minimum absolute atomic E-state index is 0. The molecule has 0 saturated heterocycles. The number of hydrogen-bond acceptors (Lipinski definition) is 4. The van der Waals surface area contributed by atoms with Gasteiger partial charge in [0.2, 0.25) is 11.7 Å². The van der Waals surface area contributed by atoms with Gasteiger partial charge in [0, 0.05) is 17.5 Å². The van der Waals surface area contributed by atoms with Gasteiger partial charge in [0.05, 0.1) is 0 Å². The van der Waals surface area contributed by atoms with Crippen LogP contribution in [0.3, 0.4) is 0 Å². The summed E-state index contributed by atoms with van der Waals surface area (Å²) in [4.78, 5) is 4.52. The zero-order chi connectivity index (χ0) is 13.2. The van der Waals surface area contributed by atoms with Crippen LogP contribution in [-0.2, 0) is 6.42 Å². The third-order valence-electron chi connectivity index (χ3n) is 3.88. The fourth-order valence-electron chi connectivity index (χ4n) is 2.65. The fraction of sp³-hybridized carbons (Fsp3) is 0.467. The van der Waals surface area contributed by atoms with Crippen LogP contribution in [0.2, 0.25) is 0 Å². The van der Waals surface area contributed by atoms with Crippen LogP contribution in [0.25, 0.3) is 11.4 Å². The number of nitrogens with two attached hydrogens (primary N) is 1. The predicted octanol–water partition coefficient (Wildman–Crippen LogP) is 3.32. The first kappa shape index (κ1) is 15.0. The van der Waals surface area contributed by atoms with Gasteiger partial charge in [-0.05, 0) is 31.2 Å². The van der Waals surface area contributed by atoms with Crippen LogP contribution >= 0.6 is 12.4 Å². The first-order chi connectivity index (χ1) is 9.26. The van der Waals surface area contributed by atoms with Crippen molar-refractivity contribution in [2.45, 2.75) is 44.6 Å². The van der Waals surface area contributed by atoms with Crippen LogP contribution in [0.5, 0.6) is 0 Å². The monoisotopic (exact) mass is 293 g/mol. The minimum atomic E-state index is 0. The number of hydrogen-bond donors (Lipinski definition) is 1. The largest absolute Gasteiger partial charge is 0.339 e. The second-order valence-corrected chi connectivity index (χ2v) is 5.28. The topological polar surface area (TPSA) is 64.9 Å². The Bertz CT molecular complexity index is 553. The van der Waals surface area contributed by atoms with Crippen LogP contribution < -0.4 is 5.73 Å². The molecular formula is C15H20ClN3O. The first-order valence-electron chi connectivity index (χ1n) is 6.94. The molecule has 2 N–H and O–H groups in total. The Hall–Kier alpha value is -1.39. The van der Waals surface area contributed by atoms with Crippen molar-refractivity contribution >= 4 is 12.4 Å². The highest BCUT2D eigenvalue weighted by molar-refractivity contribution is 5.85. The summed E-state index contributed by atoms with van der Waals surface area (Å²) in [5.41, 5.74) is 8.25. The third-order valence-corrected chi connectivity index (χ3v) is 3.88. The van der Waals surface area contributed by atoms with E-state index in [4.69, 9.17) is 10.3 Å². The lowest BCUT2D eigenvalue weighted by molar-refractivity contribution is 0.353. The Balaban J connectivity index is 0.00000147. The summed E-state index contributed by atoms with van der Waals surface area (Å²) in [6, 6.07) is 8.60. The summed E-state index contributed by atoms with van der Waals surface area (Å²) < 4.78 is 5.39. The van der Waals surface area contributed by atoms with Crippen molar-refractivity contribution in [1.82, 2.24) is 10.1 Å². The van der Waals surface area contributed by atoms with Gasteiger partial charge >= 0.3 is 0 Å². The van der Waals surface area contributed by atoms with E-state index in [2.05, 4.69) is 29.2 Å². The summed E-state index contributed by atoms with van der Waals surface area (Å²) in [5, 5.41) is 4.08. The fourth-order valence-corrected chi connectivity index (χ4v) is 2.65. The molecule has 1 fully saturated rings. The number of halogens is 1. The van der Waals surface area contributed by atoms with E-state index in [1.165, 1.54) is 5.56 Å². The zero-order valence-corrected chi connectivity index (χ0v) is 12.4. The Morgan fingerprint density at radius 1 is 1.25 bits per heavy atom. The van der Waals surface area contributed by atoms with Gasteiger partial charge in [-0.2, -0.15) is 4.98 Å². The molecule has 0 aliphatic heterocycles. The van der Waals surface area contributed by atoms with Gasteiger partial charge < -0.3 is 10.3 Å². The lowest BCUT2D eigenvalue weighted by Gasteiger charge is -2.01. The SMILES string of the molecule is CCc1ccc(-c2noc(C3CCC(N)C3)n2)cc1.Cl. The Morgan fingerprint density at radius 3 is 2.60 bits per heavy atom. The molecule has 2 unspecified atom stereocenters. The van der Waals surface area contributed by atoms with Crippen molar-refractivity contribution in [3.63, 3.8) is 0 Å². The van der Waals surface area contributed by atoms with E-state index >= 15 is 0 Å².